The van der Waals surface area contributed by atoms with Crippen LogP contribution < -0.4 is 10.1 Å². The summed E-state index contributed by atoms with van der Waals surface area (Å²) < 4.78 is 5.32. The Labute approximate surface area is 110 Å². The molecule has 1 fully saturated rings. The van der Waals surface area contributed by atoms with Crippen molar-refractivity contribution in [2.45, 2.75) is 51.1 Å². The van der Waals surface area contributed by atoms with Gasteiger partial charge in [0, 0.05) is 12.1 Å². The van der Waals surface area contributed by atoms with Gasteiger partial charge in [-0.1, -0.05) is 13.0 Å². The minimum Gasteiger partial charge on any atom is -0.497 e. The molecule has 0 heterocycles. The molecular weight excluding hydrogens is 222 g/mol. The first-order valence-electron chi connectivity index (χ1n) is 7.16. The van der Waals surface area contributed by atoms with Gasteiger partial charge in [0.2, 0.25) is 0 Å². The molecular formula is C16H23NO. The molecule has 1 N–H and O–H groups in total. The van der Waals surface area contributed by atoms with Crippen molar-refractivity contribution in [2.24, 2.45) is 5.92 Å². The van der Waals surface area contributed by atoms with Crippen LogP contribution in [-0.2, 0) is 12.8 Å². The van der Waals surface area contributed by atoms with Crippen LogP contribution in [0.1, 0.15) is 37.3 Å². The average Bonchev–Trinajstić information content (AvgIpc) is 2.36. The number of ether oxygens (including phenoxy) is 1. The first-order chi connectivity index (χ1) is 8.74. The highest BCUT2D eigenvalue weighted by Crippen LogP contribution is 2.30. The molecule has 1 aromatic rings. The normalized spacial score (nSPS) is 30.4. The van der Waals surface area contributed by atoms with Crippen LogP contribution in [0.15, 0.2) is 18.2 Å². The Bertz CT molecular complexity index is 423. The summed E-state index contributed by atoms with van der Waals surface area (Å²) in [5.41, 5.74) is 2.99. The molecule has 1 atom stereocenters. The van der Waals surface area contributed by atoms with Gasteiger partial charge in [0.25, 0.3) is 0 Å². The summed E-state index contributed by atoms with van der Waals surface area (Å²) in [5, 5.41) is 3.82. The Morgan fingerprint density at radius 2 is 2.00 bits per heavy atom. The van der Waals surface area contributed by atoms with E-state index in [1.807, 2.05) is 0 Å². The lowest BCUT2D eigenvalue weighted by Crippen LogP contribution is -2.47. The topological polar surface area (TPSA) is 21.3 Å². The first kappa shape index (κ1) is 12.0. The fourth-order valence-electron chi connectivity index (χ4n) is 3.37. The van der Waals surface area contributed by atoms with Gasteiger partial charge in [-0.05, 0) is 61.3 Å². The monoisotopic (exact) mass is 245 g/mol. The van der Waals surface area contributed by atoms with Gasteiger partial charge in [-0.3, -0.25) is 0 Å². The smallest absolute Gasteiger partial charge is 0.119 e. The lowest BCUT2D eigenvalue weighted by Gasteiger charge is -2.38. The number of methoxy groups -OCH3 is 1. The Balaban J connectivity index is 1.64. The second-order valence-electron chi connectivity index (χ2n) is 6.01. The second kappa shape index (κ2) is 4.93. The van der Waals surface area contributed by atoms with Crippen molar-refractivity contribution in [3.05, 3.63) is 29.3 Å². The van der Waals surface area contributed by atoms with Crippen LogP contribution in [0.2, 0.25) is 0 Å². The molecule has 1 aromatic carbocycles. The third kappa shape index (κ3) is 2.39. The van der Waals surface area contributed by atoms with Crippen LogP contribution in [0, 0.1) is 5.92 Å². The fourth-order valence-corrected chi connectivity index (χ4v) is 3.37. The molecule has 0 aromatic heterocycles. The Morgan fingerprint density at radius 3 is 2.72 bits per heavy atom. The molecule has 0 saturated heterocycles. The molecule has 0 bridgehead atoms. The molecule has 1 unspecified atom stereocenters. The van der Waals surface area contributed by atoms with Gasteiger partial charge in [0.1, 0.15) is 5.75 Å². The number of aryl methyl sites for hydroxylation is 1. The molecule has 2 aliphatic rings. The van der Waals surface area contributed by atoms with Crippen LogP contribution in [0.3, 0.4) is 0 Å². The van der Waals surface area contributed by atoms with E-state index in [9.17, 15) is 0 Å². The van der Waals surface area contributed by atoms with Crippen LogP contribution in [0.25, 0.3) is 0 Å². The van der Waals surface area contributed by atoms with Crippen molar-refractivity contribution < 1.29 is 4.74 Å². The number of hydrogen-bond donors (Lipinski definition) is 1. The maximum Gasteiger partial charge on any atom is 0.119 e. The van der Waals surface area contributed by atoms with Crippen LogP contribution in [-0.4, -0.2) is 19.2 Å². The minimum absolute atomic E-state index is 0.669. The number of rotatable bonds is 3. The highest BCUT2D eigenvalue weighted by Gasteiger charge is 2.28. The lowest BCUT2D eigenvalue weighted by atomic mass is 9.80. The van der Waals surface area contributed by atoms with Gasteiger partial charge in [-0.25, -0.2) is 0 Å². The highest BCUT2D eigenvalue weighted by molar-refractivity contribution is 5.37. The molecule has 3 rings (SSSR count). The zero-order chi connectivity index (χ0) is 12.5. The average molecular weight is 245 g/mol. The molecule has 0 radical (unpaired) electrons. The van der Waals surface area contributed by atoms with Crippen molar-refractivity contribution >= 4 is 0 Å². The van der Waals surface area contributed by atoms with Crippen LogP contribution >= 0.6 is 0 Å². The van der Waals surface area contributed by atoms with Crippen molar-refractivity contribution in [3.63, 3.8) is 0 Å². The molecule has 2 aliphatic carbocycles. The van der Waals surface area contributed by atoms with Crippen molar-refractivity contribution in [2.75, 3.05) is 7.11 Å². The summed E-state index contributed by atoms with van der Waals surface area (Å²) >= 11 is 0. The van der Waals surface area contributed by atoms with Gasteiger partial charge in [-0.2, -0.15) is 0 Å². The van der Waals surface area contributed by atoms with Gasteiger partial charge in [0.05, 0.1) is 7.11 Å². The van der Waals surface area contributed by atoms with E-state index in [2.05, 4.69) is 30.4 Å². The highest BCUT2D eigenvalue weighted by atomic mass is 16.5. The number of hydrogen-bond acceptors (Lipinski definition) is 2. The second-order valence-corrected chi connectivity index (χ2v) is 6.01. The lowest BCUT2D eigenvalue weighted by molar-refractivity contribution is 0.215. The zero-order valence-electron chi connectivity index (χ0n) is 11.4. The zero-order valence-corrected chi connectivity index (χ0v) is 11.4. The summed E-state index contributed by atoms with van der Waals surface area (Å²) in [4.78, 5) is 0. The minimum atomic E-state index is 0.669. The van der Waals surface area contributed by atoms with Gasteiger partial charge < -0.3 is 10.1 Å². The molecule has 18 heavy (non-hydrogen) atoms. The van der Waals surface area contributed by atoms with E-state index in [4.69, 9.17) is 4.74 Å². The largest absolute Gasteiger partial charge is 0.497 e. The summed E-state index contributed by atoms with van der Waals surface area (Å²) in [6, 6.07) is 7.97. The first-order valence-corrected chi connectivity index (χ1v) is 7.16. The molecule has 0 aliphatic heterocycles. The fraction of sp³-hybridized carbons (Fsp3) is 0.625. The van der Waals surface area contributed by atoms with Crippen LogP contribution in [0.5, 0.6) is 5.75 Å². The van der Waals surface area contributed by atoms with Crippen molar-refractivity contribution in [1.82, 2.24) is 5.32 Å². The SMILES string of the molecule is COc1ccc2c(c1)CC(NC1CC(C)C1)CC2. The summed E-state index contributed by atoms with van der Waals surface area (Å²) in [6.45, 7) is 2.35. The van der Waals surface area contributed by atoms with Gasteiger partial charge >= 0.3 is 0 Å². The number of fused-ring (bicyclic) bond motifs is 1. The van der Waals surface area contributed by atoms with Crippen molar-refractivity contribution in [1.29, 1.82) is 0 Å². The van der Waals surface area contributed by atoms with Crippen LogP contribution in [0.4, 0.5) is 0 Å². The molecule has 2 heteroatoms. The van der Waals surface area contributed by atoms with E-state index in [0.29, 0.717) is 6.04 Å². The van der Waals surface area contributed by atoms with Gasteiger partial charge in [0.15, 0.2) is 0 Å². The molecule has 0 amide bonds. The van der Waals surface area contributed by atoms with E-state index < -0.39 is 0 Å². The maximum atomic E-state index is 5.32. The Morgan fingerprint density at radius 1 is 1.17 bits per heavy atom. The molecule has 1 saturated carbocycles. The van der Waals surface area contributed by atoms with Crippen molar-refractivity contribution in [3.8, 4) is 5.75 Å². The van der Waals surface area contributed by atoms with Gasteiger partial charge in [-0.15, -0.1) is 0 Å². The van der Waals surface area contributed by atoms with E-state index in [1.54, 1.807) is 7.11 Å². The Hall–Kier alpha value is -1.02. The molecule has 98 valence electrons. The predicted octanol–water partition coefficient (Wildman–Crippen LogP) is 2.94. The van der Waals surface area contributed by atoms with E-state index in [0.717, 1.165) is 24.1 Å². The summed E-state index contributed by atoms with van der Waals surface area (Å²) in [6.07, 6.45) is 6.38. The maximum absolute atomic E-state index is 5.32. The number of benzene rings is 1. The van der Waals surface area contributed by atoms with E-state index >= 15 is 0 Å². The third-order valence-corrected chi connectivity index (χ3v) is 4.49. The molecule has 2 nitrogen and oxygen atoms in total. The predicted molar refractivity (Wildman–Crippen MR) is 74.1 cm³/mol. The van der Waals surface area contributed by atoms with E-state index in [-0.39, 0.29) is 0 Å². The molecule has 0 spiro atoms. The quantitative estimate of drug-likeness (QED) is 0.884. The summed E-state index contributed by atoms with van der Waals surface area (Å²) in [7, 11) is 1.75. The Kier molecular flexibility index (Phi) is 3.29. The third-order valence-electron chi connectivity index (χ3n) is 4.49. The summed E-state index contributed by atoms with van der Waals surface area (Å²) in [5.74, 6) is 1.92. The van der Waals surface area contributed by atoms with E-state index in [1.165, 1.54) is 36.8 Å². The number of nitrogens with one attached hydrogen (secondary N) is 1. The standard InChI is InChI=1S/C16H23NO/c1-11-7-15(8-11)17-14-5-3-12-4-6-16(18-2)10-13(12)9-14/h4,6,10-11,14-15,17H,3,5,7-9H2,1-2H3.